The molecule has 30 heavy (non-hydrogen) atoms. The Balaban J connectivity index is 1.74. The first-order valence-corrected chi connectivity index (χ1v) is 11.2. The second-order valence-electron chi connectivity index (χ2n) is 8.08. The summed E-state index contributed by atoms with van der Waals surface area (Å²) in [6, 6.07) is 21.2. The summed E-state index contributed by atoms with van der Waals surface area (Å²) in [7, 11) is 0. The molecule has 1 aromatic heterocycles. The summed E-state index contributed by atoms with van der Waals surface area (Å²) in [6.45, 7) is 5.28. The molecule has 1 aliphatic rings. The van der Waals surface area contributed by atoms with Crippen molar-refractivity contribution >= 4 is 23.2 Å². The molecule has 4 rings (SSSR count). The van der Waals surface area contributed by atoms with Gasteiger partial charge in [0.2, 0.25) is 5.91 Å². The summed E-state index contributed by atoms with van der Waals surface area (Å²) < 4.78 is 0. The van der Waals surface area contributed by atoms with E-state index in [-0.39, 0.29) is 17.9 Å². The molecule has 0 spiro atoms. The molecule has 0 radical (unpaired) electrons. The van der Waals surface area contributed by atoms with Gasteiger partial charge in [0, 0.05) is 23.5 Å². The van der Waals surface area contributed by atoms with Crippen LogP contribution in [0.3, 0.4) is 0 Å². The Morgan fingerprint density at radius 3 is 2.47 bits per heavy atom. The number of hydrogen-bond acceptors (Lipinski definition) is 3. The van der Waals surface area contributed by atoms with Crippen molar-refractivity contribution in [2.24, 2.45) is 5.92 Å². The van der Waals surface area contributed by atoms with E-state index in [1.807, 2.05) is 77.0 Å². The quantitative estimate of drug-likeness (QED) is 0.612. The number of benzene rings is 2. The first-order chi connectivity index (χ1) is 14.6. The van der Waals surface area contributed by atoms with E-state index in [2.05, 4.69) is 19.2 Å². The minimum absolute atomic E-state index is 0.00445. The second-order valence-corrected chi connectivity index (χ2v) is 9.06. The maximum absolute atomic E-state index is 13.5. The molecule has 1 N–H and O–H groups in total. The Hall–Kier alpha value is -2.92. The van der Waals surface area contributed by atoms with E-state index in [0.29, 0.717) is 24.6 Å². The predicted molar refractivity (Wildman–Crippen MR) is 120 cm³/mol. The van der Waals surface area contributed by atoms with Crippen LogP contribution in [0.5, 0.6) is 0 Å². The molecule has 0 saturated heterocycles. The van der Waals surface area contributed by atoms with Crippen molar-refractivity contribution in [2.75, 3.05) is 6.54 Å². The third-order valence-electron chi connectivity index (χ3n) is 5.43. The average Bonchev–Trinajstić information content (AvgIpc) is 3.29. The molecule has 2 aromatic carbocycles. The van der Waals surface area contributed by atoms with Crippen LogP contribution >= 0.6 is 11.3 Å². The van der Waals surface area contributed by atoms with Gasteiger partial charge >= 0.3 is 0 Å². The molecule has 0 aliphatic carbocycles. The van der Waals surface area contributed by atoms with E-state index >= 15 is 0 Å². The highest BCUT2D eigenvalue weighted by Crippen LogP contribution is 2.44. The summed E-state index contributed by atoms with van der Waals surface area (Å²) in [5.41, 5.74) is 2.50. The maximum atomic E-state index is 13.5. The molecule has 0 bridgehead atoms. The van der Waals surface area contributed by atoms with Crippen LogP contribution < -0.4 is 5.32 Å². The number of fused-ring (bicyclic) bond motifs is 1. The van der Waals surface area contributed by atoms with E-state index in [1.165, 1.54) is 0 Å². The fourth-order valence-corrected chi connectivity index (χ4v) is 5.02. The van der Waals surface area contributed by atoms with Crippen LogP contribution in [0.15, 0.2) is 72.1 Å². The van der Waals surface area contributed by atoms with Gasteiger partial charge in [-0.1, -0.05) is 68.4 Å². The highest BCUT2D eigenvalue weighted by atomic mass is 32.1. The Morgan fingerprint density at radius 2 is 1.77 bits per heavy atom. The van der Waals surface area contributed by atoms with Gasteiger partial charge in [-0.3, -0.25) is 9.59 Å². The number of amides is 2. The van der Waals surface area contributed by atoms with Gasteiger partial charge in [-0.25, -0.2) is 0 Å². The third kappa shape index (κ3) is 4.03. The lowest BCUT2D eigenvalue weighted by Crippen LogP contribution is -2.48. The van der Waals surface area contributed by atoms with Gasteiger partial charge in [-0.05, 0) is 34.6 Å². The predicted octanol–water partition coefficient (Wildman–Crippen LogP) is 5.00. The molecule has 0 fully saturated rings. The minimum Gasteiger partial charge on any atom is -0.351 e. The highest BCUT2D eigenvalue weighted by Gasteiger charge is 2.44. The molecular weight excluding hydrogens is 392 g/mol. The highest BCUT2D eigenvalue weighted by molar-refractivity contribution is 7.10. The number of thiophene rings is 1. The fraction of sp³-hybridized carbons (Fsp3) is 0.280. The normalized spacial score (nSPS) is 18.4. The number of carbonyl (C=O) groups is 2. The number of carbonyl (C=O) groups excluding carboxylic acids is 2. The Kier molecular flexibility index (Phi) is 6.00. The van der Waals surface area contributed by atoms with Crippen molar-refractivity contribution in [3.63, 3.8) is 0 Å². The van der Waals surface area contributed by atoms with Crippen LogP contribution in [0.1, 0.15) is 52.2 Å². The van der Waals surface area contributed by atoms with Crippen molar-refractivity contribution in [3.05, 3.63) is 93.7 Å². The summed E-state index contributed by atoms with van der Waals surface area (Å²) in [4.78, 5) is 29.9. The Morgan fingerprint density at radius 1 is 1.03 bits per heavy atom. The van der Waals surface area contributed by atoms with Crippen LogP contribution in [-0.2, 0) is 11.3 Å². The lowest BCUT2D eigenvalue weighted by Gasteiger charge is -2.42. The summed E-state index contributed by atoms with van der Waals surface area (Å²) >= 11 is 1.60. The molecular formula is C25H26N2O2S. The van der Waals surface area contributed by atoms with Gasteiger partial charge in [-0.15, -0.1) is 11.3 Å². The van der Waals surface area contributed by atoms with E-state index in [1.54, 1.807) is 11.3 Å². The number of nitrogens with one attached hydrogen (secondary N) is 1. The SMILES string of the molecule is CC(C)CN1C(=O)c2ccccc2[C@@H](C(=O)NCc2ccccc2)[C@@H]1c1cccs1. The van der Waals surface area contributed by atoms with Crippen molar-refractivity contribution < 1.29 is 9.59 Å². The summed E-state index contributed by atoms with van der Waals surface area (Å²) in [5.74, 6) is -0.189. The lowest BCUT2D eigenvalue weighted by atomic mass is 9.81. The molecule has 2 heterocycles. The number of hydrogen-bond donors (Lipinski definition) is 1. The molecule has 2 atom stereocenters. The Bertz CT molecular complexity index is 1010. The van der Waals surface area contributed by atoms with E-state index in [0.717, 1.165) is 16.0 Å². The van der Waals surface area contributed by atoms with Crippen LogP contribution in [0.2, 0.25) is 0 Å². The zero-order valence-corrected chi connectivity index (χ0v) is 18.1. The van der Waals surface area contributed by atoms with Gasteiger partial charge in [0.15, 0.2) is 0 Å². The first kappa shape index (κ1) is 20.4. The van der Waals surface area contributed by atoms with E-state index in [4.69, 9.17) is 0 Å². The third-order valence-corrected chi connectivity index (χ3v) is 6.37. The molecule has 0 unspecified atom stereocenters. The zero-order chi connectivity index (χ0) is 21.1. The van der Waals surface area contributed by atoms with E-state index < -0.39 is 5.92 Å². The van der Waals surface area contributed by atoms with Crippen LogP contribution in [0.25, 0.3) is 0 Å². The van der Waals surface area contributed by atoms with Gasteiger partial charge in [0.1, 0.15) is 0 Å². The topological polar surface area (TPSA) is 49.4 Å². The summed E-state index contributed by atoms with van der Waals surface area (Å²) in [5, 5.41) is 5.12. The smallest absolute Gasteiger partial charge is 0.254 e. The van der Waals surface area contributed by atoms with Crippen molar-refractivity contribution in [2.45, 2.75) is 32.4 Å². The largest absolute Gasteiger partial charge is 0.351 e. The van der Waals surface area contributed by atoms with Crippen molar-refractivity contribution in [1.29, 1.82) is 0 Å². The second kappa shape index (κ2) is 8.84. The van der Waals surface area contributed by atoms with Gasteiger partial charge in [0.25, 0.3) is 5.91 Å². The fourth-order valence-electron chi connectivity index (χ4n) is 4.14. The number of rotatable bonds is 6. The molecule has 5 heteroatoms. The molecule has 1 aliphatic heterocycles. The van der Waals surface area contributed by atoms with Crippen molar-refractivity contribution in [1.82, 2.24) is 10.2 Å². The average molecular weight is 419 g/mol. The standard InChI is InChI=1S/C25H26N2O2S/c1-17(2)16-27-23(21-13-8-14-30-21)22(19-11-6-7-12-20(19)25(27)29)24(28)26-15-18-9-4-3-5-10-18/h3-14,17,22-23H,15-16H2,1-2H3,(H,26,28)/t22-,23+/m1/s1. The molecule has 0 saturated carbocycles. The van der Waals surface area contributed by atoms with Gasteiger partial charge in [0.05, 0.1) is 12.0 Å². The molecule has 3 aromatic rings. The van der Waals surface area contributed by atoms with Crippen LogP contribution in [-0.4, -0.2) is 23.3 Å². The lowest BCUT2D eigenvalue weighted by molar-refractivity contribution is -0.124. The zero-order valence-electron chi connectivity index (χ0n) is 17.2. The first-order valence-electron chi connectivity index (χ1n) is 10.3. The van der Waals surface area contributed by atoms with Crippen LogP contribution in [0, 0.1) is 5.92 Å². The molecule has 2 amide bonds. The van der Waals surface area contributed by atoms with Crippen LogP contribution in [0.4, 0.5) is 0 Å². The minimum atomic E-state index is -0.444. The number of nitrogens with zero attached hydrogens (tertiary/aromatic N) is 1. The summed E-state index contributed by atoms with van der Waals surface area (Å²) in [6.07, 6.45) is 0. The molecule has 154 valence electrons. The van der Waals surface area contributed by atoms with Gasteiger partial charge in [-0.2, -0.15) is 0 Å². The monoisotopic (exact) mass is 418 g/mol. The van der Waals surface area contributed by atoms with Gasteiger partial charge < -0.3 is 10.2 Å². The maximum Gasteiger partial charge on any atom is 0.254 e. The molecule has 4 nitrogen and oxygen atoms in total. The van der Waals surface area contributed by atoms with E-state index in [9.17, 15) is 9.59 Å². The van der Waals surface area contributed by atoms with Crippen molar-refractivity contribution in [3.8, 4) is 0 Å². The Labute approximate surface area is 181 Å².